The van der Waals surface area contributed by atoms with Crippen molar-refractivity contribution < 1.29 is 0 Å². The fourth-order valence-corrected chi connectivity index (χ4v) is 4.30. The molecule has 0 rings (SSSR count). The van der Waals surface area contributed by atoms with Crippen LogP contribution in [0.15, 0.2) is 34.9 Å². The quantitative estimate of drug-likeness (QED) is 0.104. The van der Waals surface area contributed by atoms with Crippen molar-refractivity contribution in [1.82, 2.24) is 0 Å². The van der Waals surface area contributed by atoms with Crippen molar-refractivity contribution in [2.45, 2.75) is 132 Å². The van der Waals surface area contributed by atoms with Crippen LogP contribution in [0.25, 0.3) is 0 Å². The van der Waals surface area contributed by atoms with Crippen LogP contribution in [-0.4, -0.2) is 5.88 Å². The van der Waals surface area contributed by atoms with Crippen molar-refractivity contribution in [1.29, 1.82) is 0 Å². The van der Waals surface area contributed by atoms with Crippen LogP contribution < -0.4 is 0 Å². The van der Waals surface area contributed by atoms with Gasteiger partial charge in [-0.25, -0.2) is 0 Å². The second-order valence-corrected chi connectivity index (χ2v) is 11.0. The predicted molar refractivity (Wildman–Crippen MR) is 145 cm³/mol. The highest BCUT2D eigenvalue weighted by Crippen LogP contribution is 2.22. The third-order valence-corrected chi connectivity index (χ3v) is 7.09. The monoisotopic (exact) mass is 450 g/mol. The topological polar surface area (TPSA) is 0 Å². The molecule has 0 aromatic carbocycles. The first-order valence-electron chi connectivity index (χ1n) is 13.2. The van der Waals surface area contributed by atoms with E-state index in [1.54, 1.807) is 11.1 Å². The summed E-state index contributed by atoms with van der Waals surface area (Å²) < 4.78 is 0. The van der Waals surface area contributed by atoms with Gasteiger partial charge in [0.1, 0.15) is 0 Å². The molecule has 31 heavy (non-hydrogen) atoms. The molecule has 182 valence electrons. The smallest absolute Gasteiger partial charge is 0.0249 e. The lowest BCUT2D eigenvalue weighted by atomic mass is 9.92. The van der Waals surface area contributed by atoms with E-state index in [1.165, 1.54) is 89.0 Å². The van der Waals surface area contributed by atoms with Gasteiger partial charge >= 0.3 is 0 Å². The molecule has 1 heteroatoms. The van der Waals surface area contributed by atoms with Gasteiger partial charge in [-0.05, 0) is 90.4 Å². The van der Waals surface area contributed by atoms with E-state index in [0.29, 0.717) is 5.92 Å². The standard InChI is InChI=1S/C30H55Cl/c1-25(2)14-10-17-28(5)20-11-18-26(3)15-8-9-16-27(4)19-12-21-29(6)22-13-23-30(7)24-31/h14-15,20,27,29-30H,8-13,16-19,21-24H2,1-7H3/b26-15+,28-20+. The van der Waals surface area contributed by atoms with Crippen LogP contribution in [0, 0.1) is 17.8 Å². The predicted octanol–water partition coefficient (Wildman–Crippen LogP) is 11.1. The summed E-state index contributed by atoms with van der Waals surface area (Å²) in [6, 6.07) is 0. The molecule has 3 unspecified atom stereocenters. The van der Waals surface area contributed by atoms with Crippen LogP contribution >= 0.6 is 11.6 Å². The Bertz CT molecular complexity index is 507. The van der Waals surface area contributed by atoms with Crippen molar-refractivity contribution >= 4 is 11.6 Å². The highest BCUT2D eigenvalue weighted by molar-refractivity contribution is 6.18. The van der Waals surface area contributed by atoms with Gasteiger partial charge in [-0.3, -0.25) is 0 Å². The minimum atomic E-state index is 0.685. The Morgan fingerprint density at radius 3 is 1.48 bits per heavy atom. The second kappa shape index (κ2) is 20.1. The fraction of sp³-hybridized carbons (Fsp3) is 0.800. The summed E-state index contributed by atoms with van der Waals surface area (Å²) in [7, 11) is 0. The summed E-state index contributed by atoms with van der Waals surface area (Å²) >= 11 is 5.90. The highest BCUT2D eigenvalue weighted by Gasteiger charge is 2.07. The summed E-state index contributed by atoms with van der Waals surface area (Å²) in [4.78, 5) is 0. The molecule has 0 spiro atoms. The maximum Gasteiger partial charge on any atom is 0.0249 e. The van der Waals surface area contributed by atoms with Crippen LogP contribution in [0.5, 0.6) is 0 Å². The lowest BCUT2D eigenvalue weighted by molar-refractivity contribution is 0.390. The van der Waals surface area contributed by atoms with Crippen LogP contribution in [0.2, 0.25) is 0 Å². The van der Waals surface area contributed by atoms with Gasteiger partial charge in [0, 0.05) is 5.88 Å². The minimum Gasteiger partial charge on any atom is -0.126 e. The third-order valence-electron chi connectivity index (χ3n) is 6.57. The first-order valence-corrected chi connectivity index (χ1v) is 13.8. The first-order chi connectivity index (χ1) is 14.7. The van der Waals surface area contributed by atoms with E-state index in [2.05, 4.69) is 66.7 Å². The van der Waals surface area contributed by atoms with Crippen LogP contribution in [0.4, 0.5) is 0 Å². The third kappa shape index (κ3) is 21.1. The fourth-order valence-electron chi connectivity index (χ4n) is 4.15. The number of halogens is 1. The zero-order chi connectivity index (χ0) is 23.5. The molecule has 0 aromatic rings. The number of hydrogen-bond donors (Lipinski definition) is 0. The number of allylic oxidation sites excluding steroid dienone is 6. The Kier molecular flexibility index (Phi) is 19.8. The number of rotatable bonds is 19. The van der Waals surface area contributed by atoms with E-state index in [1.807, 2.05) is 0 Å². The maximum absolute atomic E-state index is 5.90. The molecular weight excluding hydrogens is 396 g/mol. The van der Waals surface area contributed by atoms with E-state index in [9.17, 15) is 0 Å². The van der Waals surface area contributed by atoms with E-state index in [0.717, 1.165) is 17.7 Å². The van der Waals surface area contributed by atoms with Crippen LogP contribution in [0.3, 0.4) is 0 Å². The van der Waals surface area contributed by atoms with E-state index in [4.69, 9.17) is 11.6 Å². The van der Waals surface area contributed by atoms with Crippen molar-refractivity contribution in [3.05, 3.63) is 34.9 Å². The number of hydrogen-bond acceptors (Lipinski definition) is 0. The zero-order valence-corrected chi connectivity index (χ0v) is 23.0. The summed E-state index contributed by atoms with van der Waals surface area (Å²) in [6.07, 6.45) is 24.3. The Labute approximate surface area is 202 Å². The van der Waals surface area contributed by atoms with Gasteiger partial charge < -0.3 is 0 Å². The molecular formula is C30H55Cl. The highest BCUT2D eigenvalue weighted by atomic mass is 35.5. The molecule has 3 atom stereocenters. The summed E-state index contributed by atoms with van der Waals surface area (Å²) in [5.74, 6) is 3.26. The number of alkyl halides is 1. The van der Waals surface area contributed by atoms with Gasteiger partial charge in [-0.2, -0.15) is 0 Å². The minimum absolute atomic E-state index is 0.685. The largest absolute Gasteiger partial charge is 0.126 e. The Morgan fingerprint density at radius 2 is 1.00 bits per heavy atom. The molecule has 0 radical (unpaired) electrons. The molecule has 0 nitrogen and oxygen atoms in total. The average molecular weight is 451 g/mol. The molecule has 0 amide bonds. The Morgan fingerprint density at radius 1 is 0.581 bits per heavy atom. The lowest BCUT2D eigenvalue weighted by Crippen LogP contribution is -2.01. The Balaban J connectivity index is 3.78. The molecule has 0 fully saturated rings. The molecule has 0 aliphatic rings. The molecule has 0 N–H and O–H groups in total. The second-order valence-electron chi connectivity index (χ2n) is 10.7. The normalized spacial score (nSPS) is 15.6. The maximum atomic E-state index is 5.90. The van der Waals surface area contributed by atoms with Gasteiger partial charge in [0.2, 0.25) is 0 Å². The molecule has 0 aromatic heterocycles. The summed E-state index contributed by atoms with van der Waals surface area (Å²) in [5, 5.41) is 0. The Hall–Kier alpha value is -0.490. The first kappa shape index (κ1) is 30.5. The molecule has 0 saturated carbocycles. The van der Waals surface area contributed by atoms with Gasteiger partial charge in [-0.15, -0.1) is 11.6 Å². The van der Waals surface area contributed by atoms with E-state index < -0.39 is 0 Å². The molecule has 0 aliphatic carbocycles. The van der Waals surface area contributed by atoms with E-state index in [-0.39, 0.29) is 0 Å². The van der Waals surface area contributed by atoms with Crippen molar-refractivity contribution in [2.24, 2.45) is 17.8 Å². The SMILES string of the molecule is CC(C)=CCC/C(C)=C/CC/C(C)=C/CCCC(C)CCCC(C)CCCC(C)CCl. The van der Waals surface area contributed by atoms with Gasteiger partial charge in [0.25, 0.3) is 0 Å². The summed E-state index contributed by atoms with van der Waals surface area (Å²) in [6.45, 7) is 16.1. The van der Waals surface area contributed by atoms with Gasteiger partial charge in [0.05, 0.1) is 0 Å². The summed E-state index contributed by atoms with van der Waals surface area (Å²) in [5.41, 5.74) is 4.54. The molecule has 0 bridgehead atoms. The lowest BCUT2D eigenvalue weighted by Gasteiger charge is -2.15. The van der Waals surface area contributed by atoms with Crippen molar-refractivity contribution in [2.75, 3.05) is 5.88 Å². The van der Waals surface area contributed by atoms with E-state index >= 15 is 0 Å². The molecule has 0 aliphatic heterocycles. The number of unbranched alkanes of at least 4 members (excludes halogenated alkanes) is 1. The van der Waals surface area contributed by atoms with Gasteiger partial charge in [-0.1, -0.05) is 94.2 Å². The average Bonchev–Trinajstić information content (AvgIpc) is 2.70. The van der Waals surface area contributed by atoms with Gasteiger partial charge in [0.15, 0.2) is 0 Å². The van der Waals surface area contributed by atoms with Crippen molar-refractivity contribution in [3.63, 3.8) is 0 Å². The van der Waals surface area contributed by atoms with Crippen molar-refractivity contribution in [3.8, 4) is 0 Å². The van der Waals surface area contributed by atoms with Crippen LogP contribution in [-0.2, 0) is 0 Å². The molecule has 0 heterocycles. The molecule has 0 saturated heterocycles. The van der Waals surface area contributed by atoms with Crippen LogP contribution in [0.1, 0.15) is 132 Å². The zero-order valence-electron chi connectivity index (χ0n) is 22.2.